The van der Waals surface area contributed by atoms with Crippen molar-refractivity contribution in [3.63, 3.8) is 0 Å². The van der Waals surface area contributed by atoms with Crippen molar-refractivity contribution in [1.82, 2.24) is 14.8 Å². The molecule has 10 nitrogen and oxygen atoms in total. The zero-order chi connectivity index (χ0) is 34.5. The summed E-state index contributed by atoms with van der Waals surface area (Å²) >= 11 is 1.86. The van der Waals surface area contributed by atoms with E-state index in [9.17, 15) is 39.5 Å². The Bertz CT molecular complexity index is 1140. The first-order chi connectivity index (χ1) is 20.6. The molecule has 0 radical (unpaired) electrons. The number of pyridine rings is 1. The van der Waals surface area contributed by atoms with Gasteiger partial charge in [0.1, 0.15) is 0 Å². The van der Waals surface area contributed by atoms with Gasteiger partial charge < -0.3 is 20.1 Å². The maximum Gasteiger partial charge on any atom is 0.490 e. The molecule has 1 atom stereocenters. The van der Waals surface area contributed by atoms with Crippen molar-refractivity contribution in [3.05, 3.63) is 52.5 Å². The Morgan fingerprint density at radius 3 is 1.69 bits per heavy atom. The molecule has 0 amide bonds. The molecule has 4 rings (SSSR count). The van der Waals surface area contributed by atoms with Gasteiger partial charge in [-0.3, -0.25) is 14.8 Å². The highest BCUT2D eigenvalue weighted by Crippen LogP contribution is 2.35. The predicted octanol–water partition coefficient (Wildman–Crippen LogP) is 4.77. The third-order valence-corrected chi connectivity index (χ3v) is 6.74. The summed E-state index contributed by atoms with van der Waals surface area (Å²) in [7, 11) is 0. The summed E-state index contributed by atoms with van der Waals surface area (Å²) in [5.41, 5.74) is 1.64. The van der Waals surface area contributed by atoms with Crippen LogP contribution in [-0.2, 0) is 32.2 Å². The molecule has 0 bridgehead atoms. The number of likely N-dealkylation sites (tertiary alicyclic amines) is 1. The van der Waals surface area contributed by atoms with Crippen molar-refractivity contribution in [2.24, 2.45) is 5.41 Å². The molecule has 2 aliphatic rings. The van der Waals surface area contributed by atoms with Gasteiger partial charge in [0.05, 0.1) is 13.2 Å². The van der Waals surface area contributed by atoms with Crippen LogP contribution in [0.5, 0.6) is 0 Å². The van der Waals surface area contributed by atoms with Crippen LogP contribution in [0.3, 0.4) is 0 Å². The lowest BCUT2D eigenvalue weighted by molar-refractivity contribution is -0.193. The van der Waals surface area contributed by atoms with Crippen molar-refractivity contribution in [3.8, 4) is 0 Å². The van der Waals surface area contributed by atoms with Gasteiger partial charge in [0.2, 0.25) is 0 Å². The number of alkyl halides is 9. The van der Waals surface area contributed by atoms with Crippen LogP contribution in [0.2, 0.25) is 0 Å². The number of aromatic nitrogens is 1. The average Bonchev–Trinajstić information content (AvgIpc) is 3.52. The van der Waals surface area contributed by atoms with Gasteiger partial charge in [-0.05, 0) is 42.1 Å². The van der Waals surface area contributed by atoms with Gasteiger partial charge in [0.15, 0.2) is 0 Å². The molecule has 0 aliphatic carbocycles. The Morgan fingerprint density at radius 2 is 1.27 bits per heavy atom. The standard InChI is InChI=1S/C19H25N3OS.3C2HF3O2/c1-2-18(24-11-1)13-21-8-5-19(14-21)15-22(9-10-23-16-19)12-17-3-6-20-7-4-17;3*3-2(4,5)1(6)7/h1-4,6-7,11H,5,8-10,12-16H2;3*(H,6,7). The molecule has 1 unspecified atom stereocenters. The number of ether oxygens (including phenoxy) is 1. The van der Waals surface area contributed by atoms with Gasteiger partial charge in [-0.15, -0.1) is 11.3 Å². The number of carboxylic acids is 3. The van der Waals surface area contributed by atoms with Crippen molar-refractivity contribution in [2.45, 2.75) is 38.0 Å². The van der Waals surface area contributed by atoms with Crippen LogP contribution in [0.4, 0.5) is 39.5 Å². The smallest absolute Gasteiger partial charge is 0.475 e. The molecule has 254 valence electrons. The molecule has 20 heteroatoms. The second-order valence-electron chi connectivity index (χ2n) is 9.57. The highest BCUT2D eigenvalue weighted by atomic mass is 32.1. The van der Waals surface area contributed by atoms with Crippen molar-refractivity contribution < 1.29 is 74.0 Å². The summed E-state index contributed by atoms with van der Waals surface area (Å²) in [4.78, 5) is 37.4. The number of hydrogen-bond donors (Lipinski definition) is 3. The quantitative estimate of drug-likeness (QED) is 0.386. The summed E-state index contributed by atoms with van der Waals surface area (Å²) in [5.74, 6) is -8.27. The van der Waals surface area contributed by atoms with E-state index in [2.05, 4.69) is 44.4 Å². The number of hydrogen-bond acceptors (Lipinski definition) is 8. The fourth-order valence-corrected chi connectivity index (χ4v) is 4.74. The van der Waals surface area contributed by atoms with Crippen LogP contribution in [0.25, 0.3) is 0 Å². The Balaban J connectivity index is 0.000000396. The van der Waals surface area contributed by atoms with E-state index in [1.165, 1.54) is 23.4 Å². The van der Waals surface area contributed by atoms with E-state index in [4.69, 9.17) is 34.4 Å². The zero-order valence-electron chi connectivity index (χ0n) is 23.0. The molecule has 0 saturated carbocycles. The van der Waals surface area contributed by atoms with E-state index in [-0.39, 0.29) is 0 Å². The second kappa shape index (κ2) is 17.3. The summed E-state index contributed by atoms with van der Waals surface area (Å²) in [6.07, 6.45) is -10.2. The lowest BCUT2D eigenvalue weighted by Crippen LogP contribution is -2.40. The number of rotatable bonds is 4. The predicted molar refractivity (Wildman–Crippen MR) is 138 cm³/mol. The highest BCUT2D eigenvalue weighted by molar-refractivity contribution is 7.09. The number of carboxylic acid groups (broad SMARTS) is 3. The average molecular weight is 686 g/mol. The van der Waals surface area contributed by atoms with Crippen LogP contribution in [-0.4, -0.2) is 106 Å². The Morgan fingerprint density at radius 1 is 0.800 bits per heavy atom. The molecule has 1 spiro atoms. The first-order valence-corrected chi connectivity index (χ1v) is 13.4. The molecule has 2 aliphatic heterocycles. The third kappa shape index (κ3) is 15.9. The van der Waals surface area contributed by atoms with E-state index in [1.54, 1.807) is 0 Å². The first-order valence-electron chi connectivity index (χ1n) is 12.5. The van der Waals surface area contributed by atoms with Crippen molar-refractivity contribution in [1.29, 1.82) is 0 Å². The minimum atomic E-state index is -5.08. The van der Waals surface area contributed by atoms with Crippen LogP contribution in [0.15, 0.2) is 42.0 Å². The van der Waals surface area contributed by atoms with E-state index < -0.39 is 36.4 Å². The summed E-state index contributed by atoms with van der Waals surface area (Å²) in [6, 6.07) is 8.64. The maximum absolute atomic E-state index is 10.6. The van der Waals surface area contributed by atoms with Crippen LogP contribution in [0, 0.1) is 5.41 Å². The van der Waals surface area contributed by atoms with Crippen molar-refractivity contribution in [2.75, 3.05) is 39.4 Å². The van der Waals surface area contributed by atoms with Gasteiger partial charge >= 0.3 is 36.4 Å². The van der Waals surface area contributed by atoms with Crippen molar-refractivity contribution >= 4 is 29.2 Å². The fourth-order valence-electron chi connectivity index (χ4n) is 4.00. The lowest BCUT2D eigenvalue weighted by atomic mass is 9.87. The topological polar surface area (TPSA) is 140 Å². The number of halogens is 9. The SMILES string of the molecule is O=C(O)C(F)(F)F.O=C(O)C(F)(F)F.O=C(O)C(F)(F)F.c1csc(CN2CCC3(COCCN(Cc4ccncc4)C3)C2)c1. The normalized spacial score (nSPS) is 19.1. The second-order valence-corrected chi connectivity index (χ2v) is 10.6. The Kier molecular flexibility index (Phi) is 15.2. The molecular weight excluding hydrogens is 657 g/mol. The molecule has 2 aromatic rings. The number of aliphatic carboxylic acids is 3. The number of carbonyl (C=O) groups is 3. The number of nitrogens with zero attached hydrogens (tertiary/aromatic N) is 3. The Labute approximate surface area is 253 Å². The molecule has 2 aromatic heterocycles. The molecular formula is C25H28F9N3O7S. The Hall–Kier alpha value is -3.49. The van der Waals surface area contributed by atoms with Gasteiger partial charge in [-0.2, -0.15) is 39.5 Å². The molecule has 2 saturated heterocycles. The minimum Gasteiger partial charge on any atom is -0.475 e. The zero-order valence-corrected chi connectivity index (χ0v) is 23.8. The first kappa shape index (κ1) is 39.5. The summed E-state index contributed by atoms with van der Waals surface area (Å²) in [6.45, 7) is 8.33. The lowest BCUT2D eigenvalue weighted by Gasteiger charge is -2.32. The van der Waals surface area contributed by atoms with Gasteiger partial charge in [0.25, 0.3) is 0 Å². The van der Waals surface area contributed by atoms with E-state index in [0.717, 1.165) is 45.9 Å². The van der Waals surface area contributed by atoms with Gasteiger partial charge in [-0.25, -0.2) is 14.4 Å². The molecule has 4 heterocycles. The maximum atomic E-state index is 10.6. The third-order valence-electron chi connectivity index (χ3n) is 5.88. The van der Waals surface area contributed by atoms with E-state index >= 15 is 0 Å². The molecule has 0 aromatic carbocycles. The minimum absolute atomic E-state index is 0.292. The van der Waals surface area contributed by atoms with Crippen LogP contribution < -0.4 is 0 Å². The summed E-state index contributed by atoms with van der Waals surface area (Å²) < 4.78 is 101. The van der Waals surface area contributed by atoms with E-state index in [0.29, 0.717) is 5.41 Å². The molecule has 45 heavy (non-hydrogen) atoms. The number of thiophene rings is 1. The van der Waals surface area contributed by atoms with Crippen LogP contribution in [0.1, 0.15) is 16.9 Å². The van der Waals surface area contributed by atoms with Gasteiger partial charge in [-0.1, -0.05) is 6.07 Å². The van der Waals surface area contributed by atoms with Gasteiger partial charge in [0, 0.05) is 55.4 Å². The molecule has 3 N–H and O–H groups in total. The highest BCUT2D eigenvalue weighted by Gasteiger charge is 2.41. The molecule has 2 fully saturated rings. The summed E-state index contributed by atoms with van der Waals surface area (Å²) in [5, 5.41) is 23.5. The largest absolute Gasteiger partial charge is 0.490 e. The fraction of sp³-hybridized carbons (Fsp3) is 0.520. The van der Waals surface area contributed by atoms with Crippen LogP contribution >= 0.6 is 11.3 Å². The monoisotopic (exact) mass is 685 g/mol. The van der Waals surface area contributed by atoms with E-state index in [1.807, 2.05) is 23.7 Å².